The van der Waals surface area contributed by atoms with E-state index in [9.17, 15) is 9.59 Å². The minimum atomic E-state index is -0.333. The Labute approximate surface area is 204 Å². The van der Waals surface area contributed by atoms with Crippen molar-refractivity contribution in [2.24, 2.45) is 11.3 Å². The van der Waals surface area contributed by atoms with Crippen LogP contribution in [0.1, 0.15) is 71.3 Å². The molecule has 184 valence electrons. The third kappa shape index (κ3) is 6.93. The number of nitrogens with one attached hydrogen (secondary N) is 3. The SMILES string of the molecule is CN[C@H](Cc1ccc(Cl)cc1)C(=O)NN1CCC(C(=O)NC(C)(C)C)(C2CCCCC2)CC1. The van der Waals surface area contributed by atoms with E-state index in [4.69, 9.17) is 11.6 Å². The van der Waals surface area contributed by atoms with Crippen molar-refractivity contribution < 1.29 is 9.59 Å². The summed E-state index contributed by atoms with van der Waals surface area (Å²) in [5.41, 5.74) is 3.58. The normalized spacial score (nSPS) is 20.8. The maximum Gasteiger partial charge on any atom is 0.251 e. The zero-order chi connectivity index (χ0) is 24.1. The Bertz CT molecular complexity index is 792. The van der Waals surface area contributed by atoms with Crippen LogP contribution in [0.3, 0.4) is 0 Å². The molecule has 1 saturated carbocycles. The number of hydrogen-bond acceptors (Lipinski definition) is 4. The molecule has 1 aliphatic carbocycles. The van der Waals surface area contributed by atoms with Gasteiger partial charge in [-0.25, -0.2) is 5.01 Å². The molecule has 0 radical (unpaired) electrons. The number of rotatable bonds is 7. The Morgan fingerprint density at radius 3 is 2.24 bits per heavy atom. The lowest BCUT2D eigenvalue weighted by molar-refractivity contribution is -0.143. The van der Waals surface area contributed by atoms with Crippen molar-refractivity contribution in [1.82, 2.24) is 21.1 Å². The molecule has 2 amide bonds. The maximum atomic E-state index is 13.5. The first-order chi connectivity index (χ1) is 15.6. The van der Waals surface area contributed by atoms with Crippen LogP contribution in [0.4, 0.5) is 0 Å². The van der Waals surface area contributed by atoms with Crippen LogP contribution in [0.15, 0.2) is 24.3 Å². The van der Waals surface area contributed by atoms with Crippen LogP contribution in [0.2, 0.25) is 5.02 Å². The highest BCUT2D eigenvalue weighted by Crippen LogP contribution is 2.46. The van der Waals surface area contributed by atoms with Gasteiger partial charge in [-0.3, -0.25) is 15.0 Å². The number of hydrogen-bond donors (Lipinski definition) is 3. The van der Waals surface area contributed by atoms with Gasteiger partial charge >= 0.3 is 0 Å². The lowest BCUT2D eigenvalue weighted by atomic mass is 9.63. The zero-order valence-corrected chi connectivity index (χ0v) is 21.4. The second kappa shape index (κ2) is 11.2. The van der Waals surface area contributed by atoms with Gasteiger partial charge in [0, 0.05) is 23.7 Å². The molecule has 7 heteroatoms. The molecule has 33 heavy (non-hydrogen) atoms. The van der Waals surface area contributed by atoms with Gasteiger partial charge in [-0.1, -0.05) is 43.0 Å². The Kier molecular flexibility index (Phi) is 8.82. The number of amides is 2. The minimum Gasteiger partial charge on any atom is -0.351 e. The van der Waals surface area contributed by atoms with Crippen molar-refractivity contribution in [1.29, 1.82) is 0 Å². The molecule has 2 fully saturated rings. The number of piperidine rings is 1. The van der Waals surface area contributed by atoms with E-state index < -0.39 is 0 Å². The van der Waals surface area contributed by atoms with E-state index >= 15 is 0 Å². The fourth-order valence-corrected chi connectivity index (χ4v) is 5.50. The fraction of sp³-hybridized carbons (Fsp3) is 0.692. The first kappa shape index (κ1) is 26.0. The number of benzene rings is 1. The molecule has 0 spiro atoms. The van der Waals surface area contributed by atoms with Gasteiger partial charge in [0.15, 0.2) is 0 Å². The van der Waals surface area contributed by atoms with Crippen molar-refractivity contribution in [3.63, 3.8) is 0 Å². The number of nitrogens with zero attached hydrogens (tertiary/aromatic N) is 1. The monoisotopic (exact) mass is 476 g/mol. The highest BCUT2D eigenvalue weighted by atomic mass is 35.5. The summed E-state index contributed by atoms with van der Waals surface area (Å²) in [4.78, 5) is 26.5. The van der Waals surface area contributed by atoms with Crippen molar-refractivity contribution in [2.45, 2.75) is 83.7 Å². The van der Waals surface area contributed by atoms with Gasteiger partial charge < -0.3 is 10.6 Å². The van der Waals surface area contributed by atoms with Gasteiger partial charge in [0.1, 0.15) is 0 Å². The van der Waals surface area contributed by atoms with Crippen LogP contribution < -0.4 is 16.1 Å². The molecule has 3 N–H and O–H groups in total. The molecule has 1 atom stereocenters. The molecule has 0 bridgehead atoms. The van der Waals surface area contributed by atoms with E-state index in [-0.39, 0.29) is 28.8 Å². The molecule has 6 nitrogen and oxygen atoms in total. The second-order valence-electron chi connectivity index (χ2n) is 10.8. The smallest absolute Gasteiger partial charge is 0.251 e. The Morgan fingerprint density at radius 2 is 1.70 bits per heavy atom. The third-order valence-electron chi connectivity index (χ3n) is 7.27. The predicted octanol–water partition coefficient (Wildman–Crippen LogP) is 4.08. The van der Waals surface area contributed by atoms with Crippen LogP contribution >= 0.6 is 11.6 Å². The van der Waals surface area contributed by atoms with Gasteiger partial charge in [-0.15, -0.1) is 0 Å². The second-order valence-corrected chi connectivity index (χ2v) is 11.3. The molecule has 1 aromatic rings. The Morgan fingerprint density at radius 1 is 1.09 bits per heavy atom. The molecular formula is C26H41ClN4O2. The van der Waals surface area contributed by atoms with Crippen molar-refractivity contribution >= 4 is 23.4 Å². The quantitative estimate of drug-likeness (QED) is 0.554. The highest BCUT2D eigenvalue weighted by molar-refractivity contribution is 6.30. The first-order valence-corrected chi connectivity index (χ1v) is 12.8. The van der Waals surface area contributed by atoms with Gasteiger partial charge in [0.25, 0.3) is 5.91 Å². The van der Waals surface area contributed by atoms with Crippen LogP contribution in [-0.4, -0.2) is 48.5 Å². The Balaban J connectivity index is 1.62. The van der Waals surface area contributed by atoms with Gasteiger partial charge in [-0.2, -0.15) is 0 Å². The van der Waals surface area contributed by atoms with Gasteiger partial charge in [0.05, 0.1) is 11.5 Å². The van der Waals surface area contributed by atoms with Crippen LogP contribution in [-0.2, 0) is 16.0 Å². The van der Waals surface area contributed by atoms with Crippen LogP contribution in [0.5, 0.6) is 0 Å². The Hall–Kier alpha value is -1.63. The summed E-state index contributed by atoms with van der Waals surface area (Å²) in [6.07, 6.45) is 8.11. The molecule has 0 unspecified atom stereocenters. The summed E-state index contributed by atoms with van der Waals surface area (Å²) in [5.74, 6) is 0.585. The number of hydrazine groups is 1. The van der Waals surface area contributed by atoms with E-state index in [2.05, 4.69) is 16.1 Å². The maximum absolute atomic E-state index is 13.5. The summed E-state index contributed by atoms with van der Waals surface area (Å²) in [6.45, 7) is 7.53. The average molecular weight is 477 g/mol. The summed E-state index contributed by atoms with van der Waals surface area (Å²) in [5, 5.41) is 9.10. The third-order valence-corrected chi connectivity index (χ3v) is 7.52. The zero-order valence-electron chi connectivity index (χ0n) is 20.7. The molecule has 0 aromatic heterocycles. The lowest BCUT2D eigenvalue weighted by Crippen LogP contribution is -2.59. The van der Waals surface area contributed by atoms with E-state index in [1.165, 1.54) is 19.3 Å². The largest absolute Gasteiger partial charge is 0.351 e. The summed E-state index contributed by atoms with van der Waals surface area (Å²) in [7, 11) is 1.81. The number of carbonyl (C=O) groups excluding carboxylic acids is 2. The number of carbonyl (C=O) groups is 2. The van der Waals surface area contributed by atoms with Crippen molar-refractivity contribution in [3.05, 3.63) is 34.9 Å². The molecule has 2 aliphatic rings. The summed E-state index contributed by atoms with van der Waals surface area (Å²) < 4.78 is 0. The number of likely N-dealkylation sites (N-methyl/N-ethyl adjacent to an activating group) is 1. The first-order valence-electron chi connectivity index (χ1n) is 12.4. The lowest BCUT2D eigenvalue weighted by Gasteiger charge is -2.47. The summed E-state index contributed by atoms with van der Waals surface area (Å²) in [6, 6.07) is 7.26. The van der Waals surface area contributed by atoms with E-state index in [1.54, 1.807) is 7.05 Å². The molecular weight excluding hydrogens is 436 g/mol. The molecule has 1 saturated heterocycles. The fourth-order valence-electron chi connectivity index (χ4n) is 5.37. The number of halogens is 1. The minimum absolute atomic E-state index is 0.0447. The molecule has 1 heterocycles. The van der Waals surface area contributed by atoms with E-state index in [0.717, 1.165) is 31.2 Å². The highest BCUT2D eigenvalue weighted by Gasteiger charge is 2.48. The van der Waals surface area contributed by atoms with Gasteiger partial charge in [0.2, 0.25) is 5.91 Å². The van der Waals surface area contributed by atoms with E-state index in [0.29, 0.717) is 30.5 Å². The van der Waals surface area contributed by atoms with Crippen molar-refractivity contribution in [3.8, 4) is 0 Å². The standard InChI is InChI=1S/C26H41ClN4O2/c1-25(2,3)29-24(33)26(20-8-6-5-7-9-20)14-16-31(17-15-26)30-23(32)22(28-4)18-19-10-12-21(27)13-11-19/h10-13,20,22,28H,5-9,14-18H2,1-4H3,(H,29,33)(H,30,32)/t22-/m1/s1. The summed E-state index contributed by atoms with van der Waals surface area (Å²) >= 11 is 5.98. The predicted molar refractivity (Wildman–Crippen MR) is 134 cm³/mol. The van der Waals surface area contributed by atoms with Crippen molar-refractivity contribution in [2.75, 3.05) is 20.1 Å². The van der Waals surface area contributed by atoms with Gasteiger partial charge in [-0.05, 0) is 83.5 Å². The topological polar surface area (TPSA) is 73.5 Å². The molecule has 1 aromatic carbocycles. The van der Waals surface area contributed by atoms with Crippen LogP contribution in [0.25, 0.3) is 0 Å². The molecule has 3 rings (SSSR count). The molecule has 1 aliphatic heterocycles. The van der Waals surface area contributed by atoms with Crippen LogP contribution in [0, 0.1) is 11.3 Å². The van der Waals surface area contributed by atoms with E-state index in [1.807, 2.05) is 50.0 Å². The average Bonchev–Trinajstić information content (AvgIpc) is 2.78.